The van der Waals surface area contributed by atoms with Crippen LogP contribution in [-0.2, 0) is 0 Å². The van der Waals surface area contributed by atoms with Crippen molar-refractivity contribution in [3.63, 3.8) is 0 Å². The third kappa shape index (κ3) is 2.12. The van der Waals surface area contributed by atoms with Crippen LogP contribution >= 0.6 is 0 Å². The topological polar surface area (TPSA) is 6.48 Å². The van der Waals surface area contributed by atoms with Crippen molar-refractivity contribution in [1.82, 2.24) is 9.80 Å². The van der Waals surface area contributed by atoms with Crippen LogP contribution in [-0.4, -0.2) is 47.6 Å². The molecule has 82 valence electrons. The third-order valence-corrected chi connectivity index (χ3v) is 3.85. The molecule has 2 rings (SSSR count). The van der Waals surface area contributed by atoms with Crippen LogP contribution in [0.1, 0.15) is 40.0 Å². The number of hydrogen-bond acceptors (Lipinski definition) is 2. The van der Waals surface area contributed by atoms with Crippen LogP contribution in [0.25, 0.3) is 0 Å². The largest absolute Gasteiger partial charge is 0.298 e. The standard InChI is InChI=1S/C12H24N2/c1-12(2,3)14-9-7-13(8-10-14)11-5-4-6-11/h11H,4-10H2,1-3H3. The molecule has 1 saturated heterocycles. The molecule has 2 nitrogen and oxygen atoms in total. The van der Waals surface area contributed by atoms with E-state index in [0.717, 1.165) is 6.04 Å². The van der Waals surface area contributed by atoms with Crippen LogP contribution in [0.3, 0.4) is 0 Å². The molecule has 0 radical (unpaired) electrons. The van der Waals surface area contributed by atoms with Crippen molar-refractivity contribution in [2.75, 3.05) is 26.2 Å². The van der Waals surface area contributed by atoms with E-state index in [0.29, 0.717) is 5.54 Å². The molecule has 0 aromatic rings. The van der Waals surface area contributed by atoms with Gasteiger partial charge in [-0.2, -0.15) is 0 Å². The SMILES string of the molecule is CC(C)(C)N1CCN(C2CCC2)CC1. The van der Waals surface area contributed by atoms with E-state index in [2.05, 4.69) is 30.6 Å². The zero-order valence-electron chi connectivity index (χ0n) is 9.92. The second-order valence-corrected chi connectivity index (χ2v) is 5.78. The first-order valence-electron chi connectivity index (χ1n) is 6.06. The van der Waals surface area contributed by atoms with Gasteiger partial charge in [-0.25, -0.2) is 0 Å². The van der Waals surface area contributed by atoms with E-state index in [-0.39, 0.29) is 0 Å². The van der Waals surface area contributed by atoms with Crippen molar-refractivity contribution in [3.05, 3.63) is 0 Å². The average Bonchev–Trinajstić information content (AvgIpc) is 2.00. The summed E-state index contributed by atoms with van der Waals surface area (Å²) in [5.74, 6) is 0. The Labute approximate surface area is 88.3 Å². The van der Waals surface area contributed by atoms with E-state index in [1.54, 1.807) is 0 Å². The Morgan fingerprint density at radius 1 is 0.929 bits per heavy atom. The summed E-state index contributed by atoms with van der Waals surface area (Å²) in [6.45, 7) is 12.1. The molecule has 2 fully saturated rings. The van der Waals surface area contributed by atoms with Gasteiger partial charge in [0.05, 0.1) is 0 Å². The van der Waals surface area contributed by atoms with Crippen molar-refractivity contribution in [2.45, 2.75) is 51.6 Å². The Kier molecular flexibility index (Phi) is 2.85. The first kappa shape index (κ1) is 10.4. The van der Waals surface area contributed by atoms with Crippen LogP contribution in [0.4, 0.5) is 0 Å². The fourth-order valence-corrected chi connectivity index (χ4v) is 2.51. The third-order valence-electron chi connectivity index (χ3n) is 3.85. The summed E-state index contributed by atoms with van der Waals surface area (Å²) >= 11 is 0. The molecule has 0 N–H and O–H groups in total. The summed E-state index contributed by atoms with van der Waals surface area (Å²) in [4.78, 5) is 5.31. The summed E-state index contributed by atoms with van der Waals surface area (Å²) < 4.78 is 0. The van der Waals surface area contributed by atoms with Crippen molar-refractivity contribution in [3.8, 4) is 0 Å². The highest BCUT2D eigenvalue weighted by molar-refractivity contribution is 4.87. The second kappa shape index (κ2) is 3.82. The lowest BCUT2D eigenvalue weighted by Crippen LogP contribution is -2.56. The molecule has 0 unspecified atom stereocenters. The summed E-state index contributed by atoms with van der Waals surface area (Å²) in [6, 6.07) is 0.942. The highest BCUT2D eigenvalue weighted by atomic mass is 15.3. The average molecular weight is 196 g/mol. The van der Waals surface area contributed by atoms with E-state index in [9.17, 15) is 0 Å². The van der Waals surface area contributed by atoms with Gasteiger partial charge in [0, 0.05) is 37.8 Å². The number of rotatable bonds is 1. The maximum Gasteiger partial charge on any atom is 0.0126 e. The monoisotopic (exact) mass is 196 g/mol. The van der Waals surface area contributed by atoms with Crippen LogP contribution in [0.15, 0.2) is 0 Å². The minimum atomic E-state index is 0.367. The first-order valence-corrected chi connectivity index (χ1v) is 6.06. The van der Waals surface area contributed by atoms with E-state index >= 15 is 0 Å². The van der Waals surface area contributed by atoms with E-state index in [1.165, 1.54) is 45.4 Å². The molecule has 1 heterocycles. The number of piperazine rings is 1. The van der Waals surface area contributed by atoms with Gasteiger partial charge in [-0.3, -0.25) is 9.80 Å². The fourth-order valence-electron chi connectivity index (χ4n) is 2.51. The predicted molar refractivity (Wildman–Crippen MR) is 60.5 cm³/mol. The predicted octanol–water partition coefficient (Wildman–Crippen LogP) is 1.95. The molecule has 0 aromatic heterocycles. The fraction of sp³-hybridized carbons (Fsp3) is 1.00. The van der Waals surface area contributed by atoms with Crippen LogP contribution in [0.2, 0.25) is 0 Å². The molecule has 0 spiro atoms. The molecule has 0 atom stereocenters. The summed E-state index contributed by atoms with van der Waals surface area (Å²) in [7, 11) is 0. The van der Waals surface area contributed by atoms with Gasteiger partial charge in [-0.15, -0.1) is 0 Å². The maximum absolute atomic E-state index is 2.70. The van der Waals surface area contributed by atoms with Crippen molar-refractivity contribution in [1.29, 1.82) is 0 Å². The molecule has 0 amide bonds. The molecule has 2 heteroatoms. The highest BCUT2D eigenvalue weighted by Gasteiger charge is 2.31. The molecule has 1 aliphatic carbocycles. The van der Waals surface area contributed by atoms with Crippen molar-refractivity contribution in [2.24, 2.45) is 0 Å². The van der Waals surface area contributed by atoms with Gasteiger partial charge >= 0.3 is 0 Å². The van der Waals surface area contributed by atoms with Gasteiger partial charge in [-0.1, -0.05) is 6.42 Å². The van der Waals surface area contributed by atoms with Gasteiger partial charge in [-0.05, 0) is 33.6 Å². The lowest BCUT2D eigenvalue weighted by Gasteiger charge is -2.46. The van der Waals surface area contributed by atoms with Crippen LogP contribution < -0.4 is 0 Å². The molecule has 1 saturated carbocycles. The maximum atomic E-state index is 2.70. The van der Waals surface area contributed by atoms with Gasteiger partial charge in [0.1, 0.15) is 0 Å². The van der Waals surface area contributed by atoms with Crippen molar-refractivity contribution >= 4 is 0 Å². The molecular weight excluding hydrogens is 172 g/mol. The highest BCUT2D eigenvalue weighted by Crippen LogP contribution is 2.26. The Balaban J connectivity index is 1.80. The molecule has 2 aliphatic rings. The Bertz CT molecular complexity index is 183. The zero-order valence-corrected chi connectivity index (χ0v) is 9.92. The Morgan fingerprint density at radius 2 is 1.50 bits per heavy atom. The number of hydrogen-bond donors (Lipinski definition) is 0. The molecular formula is C12H24N2. The minimum absolute atomic E-state index is 0.367. The Morgan fingerprint density at radius 3 is 1.86 bits per heavy atom. The lowest BCUT2D eigenvalue weighted by atomic mass is 9.91. The van der Waals surface area contributed by atoms with Gasteiger partial charge in [0.25, 0.3) is 0 Å². The van der Waals surface area contributed by atoms with E-state index in [4.69, 9.17) is 0 Å². The van der Waals surface area contributed by atoms with Crippen molar-refractivity contribution < 1.29 is 0 Å². The second-order valence-electron chi connectivity index (χ2n) is 5.78. The van der Waals surface area contributed by atoms with E-state index < -0.39 is 0 Å². The lowest BCUT2D eigenvalue weighted by molar-refractivity contribution is 0.0226. The molecule has 0 aromatic carbocycles. The van der Waals surface area contributed by atoms with Gasteiger partial charge < -0.3 is 0 Å². The summed E-state index contributed by atoms with van der Waals surface area (Å²) in [6.07, 6.45) is 4.37. The van der Waals surface area contributed by atoms with Crippen LogP contribution in [0.5, 0.6) is 0 Å². The zero-order chi connectivity index (χ0) is 10.2. The molecule has 14 heavy (non-hydrogen) atoms. The molecule has 1 aliphatic heterocycles. The van der Waals surface area contributed by atoms with Gasteiger partial charge in [0.2, 0.25) is 0 Å². The van der Waals surface area contributed by atoms with Gasteiger partial charge in [0.15, 0.2) is 0 Å². The summed E-state index contributed by atoms with van der Waals surface area (Å²) in [5, 5.41) is 0. The molecule has 0 bridgehead atoms. The minimum Gasteiger partial charge on any atom is -0.298 e. The number of nitrogens with zero attached hydrogens (tertiary/aromatic N) is 2. The van der Waals surface area contributed by atoms with E-state index in [1.807, 2.05) is 0 Å². The summed E-state index contributed by atoms with van der Waals surface area (Å²) in [5.41, 5.74) is 0.367. The first-order chi connectivity index (χ1) is 6.57. The Hall–Kier alpha value is -0.0800. The van der Waals surface area contributed by atoms with Crippen LogP contribution in [0, 0.1) is 0 Å². The quantitative estimate of drug-likeness (QED) is 0.632. The smallest absolute Gasteiger partial charge is 0.0126 e. The normalized spacial score (nSPS) is 27.6.